The third-order valence-electron chi connectivity index (χ3n) is 4.93. The fraction of sp³-hybridized carbons (Fsp3) is 0.435. The zero-order valence-electron chi connectivity index (χ0n) is 16.6. The molecule has 1 heterocycles. The lowest BCUT2D eigenvalue weighted by Gasteiger charge is -2.45. The second-order valence-corrected chi connectivity index (χ2v) is 7.04. The molecule has 1 amide bonds. The normalized spacial score (nSPS) is 18.7. The molecule has 1 aliphatic heterocycles. The molecule has 0 bridgehead atoms. The number of hydrogen-bond donors (Lipinski definition) is 1. The lowest BCUT2D eigenvalue weighted by Crippen LogP contribution is -2.59. The molecule has 1 fully saturated rings. The highest BCUT2D eigenvalue weighted by Gasteiger charge is 2.49. The van der Waals surface area contributed by atoms with Crippen molar-refractivity contribution in [3.8, 4) is 11.5 Å². The van der Waals surface area contributed by atoms with Crippen LogP contribution in [0, 0.1) is 0 Å². The summed E-state index contributed by atoms with van der Waals surface area (Å²) < 4.78 is 11.8. The van der Waals surface area contributed by atoms with Crippen LogP contribution in [0.1, 0.15) is 51.1 Å². The van der Waals surface area contributed by atoms with Gasteiger partial charge in [-0.05, 0) is 37.1 Å². The van der Waals surface area contributed by atoms with E-state index in [9.17, 15) is 9.90 Å². The summed E-state index contributed by atoms with van der Waals surface area (Å²) in [5.41, 5.74) is 1.57. The summed E-state index contributed by atoms with van der Waals surface area (Å²) in [7, 11) is 0. The van der Waals surface area contributed by atoms with Gasteiger partial charge in [0, 0.05) is 17.3 Å². The van der Waals surface area contributed by atoms with Gasteiger partial charge in [-0.15, -0.1) is 0 Å². The first kappa shape index (κ1) is 20.2. The summed E-state index contributed by atoms with van der Waals surface area (Å²) in [5.74, 6) is 1.12. The Bertz CT molecular complexity index is 777. The molecular weight excluding hydrogens is 354 g/mol. The molecule has 0 saturated carbocycles. The SMILES string of the molecule is CCCCOc1ccc([C@@H]2[C@H](O)C(=O)N2c2ccccc2)c(OCCCC)c1. The van der Waals surface area contributed by atoms with E-state index in [1.807, 2.05) is 48.5 Å². The number of carbonyl (C=O) groups excluding carboxylic acids is 1. The van der Waals surface area contributed by atoms with Crippen LogP contribution in [0.25, 0.3) is 0 Å². The van der Waals surface area contributed by atoms with Crippen LogP contribution < -0.4 is 14.4 Å². The molecule has 2 aromatic carbocycles. The molecule has 1 aliphatic rings. The number of amides is 1. The lowest BCUT2D eigenvalue weighted by atomic mass is 9.89. The Labute approximate surface area is 166 Å². The summed E-state index contributed by atoms with van der Waals surface area (Å²) in [6, 6.07) is 14.6. The number of benzene rings is 2. The van der Waals surface area contributed by atoms with Gasteiger partial charge in [-0.1, -0.05) is 44.9 Å². The van der Waals surface area contributed by atoms with Crippen molar-refractivity contribution in [3.05, 3.63) is 54.1 Å². The standard InChI is InChI=1S/C23H29NO4/c1-3-5-14-27-18-12-13-19(20(16-18)28-15-6-4-2)21-22(25)23(26)24(21)17-10-8-7-9-11-17/h7-13,16,21-22,25H,3-6,14-15H2,1-2H3/t21-,22+/m1/s1. The summed E-state index contributed by atoms with van der Waals surface area (Å²) >= 11 is 0. The molecule has 0 aromatic heterocycles. The van der Waals surface area contributed by atoms with Gasteiger partial charge in [0.25, 0.3) is 5.91 Å². The molecule has 0 radical (unpaired) electrons. The van der Waals surface area contributed by atoms with Crippen molar-refractivity contribution in [2.75, 3.05) is 18.1 Å². The number of hydrogen-bond acceptors (Lipinski definition) is 4. The van der Waals surface area contributed by atoms with Crippen molar-refractivity contribution in [3.63, 3.8) is 0 Å². The first-order chi connectivity index (χ1) is 13.7. The molecule has 150 valence electrons. The third kappa shape index (κ3) is 4.30. The van der Waals surface area contributed by atoms with E-state index < -0.39 is 12.1 Å². The predicted octanol–water partition coefficient (Wildman–Crippen LogP) is 4.49. The summed E-state index contributed by atoms with van der Waals surface area (Å²) in [6.07, 6.45) is 2.96. The Balaban J connectivity index is 1.88. The molecule has 0 spiro atoms. The van der Waals surface area contributed by atoms with Crippen LogP contribution in [-0.2, 0) is 4.79 Å². The van der Waals surface area contributed by atoms with Crippen molar-refractivity contribution in [2.45, 2.75) is 51.7 Å². The average molecular weight is 383 g/mol. The minimum atomic E-state index is -1.07. The van der Waals surface area contributed by atoms with Gasteiger partial charge in [0.15, 0.2) is 6.10 Å². The zero-order valence-corrected chi connectivity index (χ0v) is 16.6. The predicted molar refractivity (Wildman–Crippen MR) is 110 cm³/mol. The highest BCUT2D eigenvalue weighted by Crippen LogP contribution is 2.43. The fourth-order valence-corrected chi connectivity index (χ4v) is 3.29. The van der Waals surface area contributed by atoms with Crippen molar-refractivity contribution in [1.82, 2.24) is 0 Å². The van der Waals surface area contributed by atoms with Crippen molar-refractivity contribution in [1.29, 1.82) is 0 Å². The first-order valence-electron chi connectivity index (χ1n) is 10.1. The molecule has 1 saturated heterocycles. The highest BCUT2D eigenvalue weighted by atomic mass is 16.5. The molecule has 3 rings (SSSR count). The molecule has 1 N–H and O–H groups in total. The fourth-order valence-electron chi connectivity index (χ4n) is 3.29. The minimum absolute atomic E-state index is 0.293. The molecular formula is C23H29NO4. The molecule has 0 unspecified atom stereocenters. The Morgan fingerprint density at radius 1 is 0.964 bits per heavy atom. The van der Waals surface area contributed by atoms with E-state index in [2.05, 4.69) is 13.8 Å². The number of aliphatic hydroxyl groups is 1. The lowest BCUT2D eigenvalue weighted by molar-refractivity contribution is -0.137. The van der Waals surface area contributed by atoms with Crippen LogP contribution in [0.4, 0.5) is 5.69 Å². The molecule has 2 aromatic rings. The van der Waals surface area contributed by atoms with Crippen molar-refractivity contribution < 1.29 is 19.4 Å². The Hall–Kier alpha value is -2.53. The molecule has 2 atom stereocenters. The number of para-hydroxylation sites is 1. The minimum Gasteiger partial charge on any atom is -0.493 e. The van der Waals surface area contributed by atoms with Crippen LogP contribution in [-0.4, -0.2) is 30.3 Å². The van der Waals surface area contributed by atoms with Gasteiger partial charge in [-0.2, -0.15) is 0 Å². The van der Waals surface area contributed by atoms with Crippen molar-refractivity contribution in [2.24, 2.45) is 0 Å². The first-order valence-corrected chi connectivity index (χ1v) is 10.1. The maximum atomic E-state index is 12.4. The topological polar surface area (TPSA) is 59.0 Å². The smallest absolute Gasteiger partial charge is 0.259 e. The number of nitrogens with zero attached hydrogens (tertiary/aromatic N) is 1. The zero-order chi connectivity index (χ0) is 19.9. The molecule has 5 nitrogen and oxygen atoms in total. The largest absolute Gasteiger partial charge is 0.493 e. The number of β-lactam (4-membered cyclic amide) rings is 1. The van der Waals surface area contributed by atoms with Crippen LogP contribution in [0.15, 0.2) is 48.5 Å². The van der Waals surface area contributed by atoms with E-state index in [4.69, 9.17) is 9.47 Å². The molecule has 28 heavy (non-hydrogen) atoms. The monoisotopic (exact) mass is 383 g/mol. The van der Waals surface area contributed by atoms with Crippen LogP contribution in [0.5, 0.6) is 11.5 Å². The van der Waals surface area contributed by atoms with E-state index in [-0.39, 0.29) is 5.91 Å². The van der Waals surface area contributed by atoms with Gasteiger partial charge in [-0.25, -0.2) is 0 Å². The third-order valence-corrected chi connectivity index (χ3v) is 4.93. The number of carbonyl (C=O) groups is 1. The van der Waals surface area contributed by atoms with Gasteiger partial charge in [0.1, 0.15) is 17.5 Å². The average Bonchev–Trinajstić information content (AvgIpc) is 2.73. The van der Waals surface area contributed by atoms with Gasteiger partial charge in [0.2, 0.25) is 0 Å². The van der Waals surface area contributed by atoms with Gasteiger partial charge in [-0.3, -0.25) is 9.69 Å². The molecule has 0 aliphatic carbocycles. The maximum Gasteiger partial charge on any atom is 0.259 e. The quantitative estimate of drug-likeness (QED) is 0.485. The summed E-state index contributed by atoms with van der Waals surface area (Å²) in [5, 5.41) is 10.4. The van der Waals surface area contributed by atoms with Crippen molar-refractivity contribution >= 4 is 11.6 Å². The number of aliphatic hydroxyl groups excluding tert-OH is 1. The van der Waals surface area contributed by atoms with Crippen LogP contribution in [0.2, 0.25) is 0 Å². The summed E-state index contributed by atoms with van der Waals surface area (Å²) in [4.78, 5) is 14.0. The maximum absolute atomic E-state index is 12.4. The number of unbranched alkanes of at least 4 members (excludes halogenated alkanes) is 2. The van der Waals surface area contributed by atoms with Gasteiger partial charge >= 0.3 is 0 Å². The second kappa shape index (κ2) is 9.60. The van der Waals surface area contributed by atoms with Crippen LogP contribution in [0.3, 0.4) is 0 Å². The summed E-state index contributed by atoms with van der Waals surface area (Å²) in [6.45, 7) is 5.48. The number of ether oxygens (including phenoxy) is 2. The Morgan fingerprint density at radius 3 is 2.32 bits per heavy atom. The van der Waals surface area contributed by atoms with E-state index in [0.29, 0.717) is 19.0 Å². The molecule has 5 heteroatoms. The highest BCUT2D eigenvalue weighted by molar-refractivity contribution is 6.05. The second-order valence-electron chi connectivity index (χ2n) is 7.04. The van der Waals surface area contributed by atoms with E-state index >= 15 is 0 Å². The Morgan fingerprint density at radius 2 is 1.64 bits per heavy atom. The van der Waals surface area contributed by atoms with Gasteiger partial charge < -0.3 is 14.6 Å². The Kier molecular flexibility index (Phi) is 6.93. The van der Waals surface area contributed by atoms with E-state index in [0.717, 1.165) is 42.7 Å². The van der Waals surface area contributed by atoms with Gasteiger partial charge in [0.05, 0.1) is 13.2 Å². The van der Waals surface area contributed by atoms with E-state index in [1.54, 1.807) is 4.90 Å². The number of anilines is 1. The van der Waals surface area contributed by atoms with E-state index in [1.165, 1.54) is 0 Å². The number of rotatable bonds is 10. The van der Waals surface area contributed by atoms with Crippen LogP contribution >= 0.6 is 0 Å².